The highest BCUT2D eigenvalue weighted by Gasteiger charge is 1.87. The molecule has 0 aliphatic carbocycles. The number of benzene rings is 1. The average Bonchev–Trinajstić information content (AvgIpc) is 2.21. The van der Waals surface area contributed by atoms with Gasteiger partial charge in [0.25, 0.3) is 0 Å². The standard InChI is InChI=1S/C9H7NS.C2H6/c11-9-5-7-3-1-2-4-8(7)6-10-9;1-2/h1-6H,(H,10,11);1-2H3. The molecule has 0 spiro atoms. The Balaban J connectivity index is 0.000000396. The number of hydrogen-bond acceptors (Lipinski definition) is 1. The Bertz CT molecular complexity index is 431. The van der Waals surface area contributed by atoms with Crippen molar-refractivity contribution in [2.24, 2.45) is 0 Å². The maximum Gasteiger partial charge on any atom is 0.103 e. The molecule has 0 amide bonds. The molecular weight excluding hydrogens is 178 g/mol. The molecule has 0 unspecified atom stereocenters. The fraction of sp³-hybridized carbons (Fsp3) is 0.182. The Kier molecular flexibility index (Phi) is 3.65. The molecule has 0 radical (unpaired) electrons. The van der Waals surface area contributed by atoms with E-state index in [4.69, 9.17) is 12.2 Å². The molecule has 0 bridgehead atoms. The number of H-pyrrole nitrogens is 1. The van der Waals surface area contributed by atoms with Crippen LogP contribution in [0.4, 0.5) is 0 Å². The zero-order valence-corrected chi connectivity index (χ0v) is 8.69. The fourth-order valence-electron chi connectivity index (χ4n) is 1.11. The van der Waals surface area contributed by atoms with Crippen LogP contribution in [0.1, 0.15) is 13.8 Å². The van der Waals surface area contributed by atoms with Crippen molar-refractivity contribution in [1.29, 1.82) is 0 Å². The van der Waals surface area contributed by atoms with Crippen LogP contribution >= 0.6 is 12.2 Å². The van der Waals surface area contributed by atoms with Gasteiger partial charge in [-0.2, -0.15) is 0 Å². The molecule has 0 atom stereocenters. The number of rotatable bonds is 0. The first-order valence-electron chi connectivity index (χ1n) is 4.44. The smallest absolute Gasteiger partial charge is 0.103 e. The Morgan fingerprint density at radius 2 is 1.69 bits per heavy atom. The van der Waals surface area contributed by atoms with Crippen molar-refractivity contribution in [3.05, 3.63) is 41.2 Å². The van der Waals surface area contributed by atoms with Crippen LogP contribution in [-0.2, 0) is 0 Å². The Morgan fingerprint density at radius 3 is 2.38 bits per heavy atom. The largest absolute Gasteiger partial charge is 0.352 e. The summed E-state index contributed by atoms with van der Waals surface area (Å²) in [5.74, 6) is 0. The predicted molar refractivity (Wildman–Crippen MR) is 60.5 cm³/mol. The molecule has 1 aromatic heterocycles. The number of fused-ring (bicyclic) bond motifs is 1. The van der Waals surface area contributed by atoms with Crippen LogP contribution in [0.25, 0.3) is 10.8 Å². The van der Waals surface area contributed by atoms with Crippen molar-refractivity contribution in [2.75, 3.05) is 0 Å². The molecule has 1 heterocycles. The molecule has 2 rings (SSSR count). The maximum atomic E-state index is 4.98. The van der Waals surface area contributed by atoms with Crippen LogP contribution in [0.2, 0.25) is 0 Å². The first-order valence-corrected chi connectivity index (χ1v) is 4.84. The highest BCUT2D eigenvalue weighted by atomic mass is 32.1. The predicted octanol–water partition coefficient (Wildman–Crippen LogP) is 3.92. The molecule has 2 heteroatoms. The van der Waals surface area contributed by atoms with Crippen LogP contribution in [0.5, 0.6) is 0 Å². The van der Waals surface area contributed by atoms with Gasteiger partial charge in [0.2, 0.25) is 0 Å². The van der Waals surface area contributed by atoms with Gasteiger partial charge in [0.1, 0.15) is 4.64 Å². The van der Waals surface area contributed by atoms with Gasteiger partial charge in [-0.25, -0.2) is 0 Å². The maximum absolute atomic E-state index is 4.98. The van der Waals surface area contributed by atoms with E-state index in [2.05, 4.69) is 17.1 Å². The summed E-state index contributed by atoms with van der Waals surface area (Å²) < 4.78 is 0.781. The summed E-state index contributed by atoms with van der Waals surface area (Å²) in [6.45, 7) is 4.00. The van der Waals surface area contributed by atoms with Gasteiger partial charge in [-0.05, 0) is 16.8 Å². The third kappa shape index (κ3) is 2.39. The van der Waals surface area contributed by atoms with Gasteiger partial charge in [-0.1, -0.05) is 50.3 Å². The van der Waals surface area contributed by atoms with Crippen molar-refractivity contribution in [3.8, 4) is 0 Å². The normalized spacial score (nSPS) is 9.08. The van der Waals surface area contributed by atoms with Gasteiger partial charge in [-0.15, -0.1) is 0 Å². The molecule has 68 valence electrons. The lowest BCUT2D eigenvalue weighted by atomic mass is 10.2. The molecule has 0 saturated heterocycles. The highest BCUT2D eigenvalue weighted by Crippen LogP contribution is 2.10. The van der Waals surface area contributed by atoms with E-state index in [1.54, 1.807) is 0 Å². The van der Waals surface area contributed by atoms with Crippen molar-refractivity contribution >= 4 is 23.0 Å². The van der Waals surface area contributed by atoms with Gasteiger partial charge in [-0.3, -0.25) is 0 Å². The molecule has 1 aromatic carbocycles. The first kappa shape index (κ1) is 9.93. The molecule has 1 nitrogen and oxygen atoms in total. The number of hydrogen-bond donors (Lipinski definition) is 1. The lowest BCUT2D eigenvalue weighted by molar-refractivity contribution is 1.33. The zero-order chi connectivity index (χ0) is 9.68. The minimum absolute atomic E-state index is 0.781. The summed E-state index contributed by atoms with van der Waals surface area (Å²) in [4.78, 5) is 2.99. The van der Waals surface area contributed by atoms with Crippen molar-refractivity contribution < 1.29 is 0 Å². The Labute approximate surface area is 83.4 Å². The van der Waals surface area contributed by atoms with E-state index in [1.165, 1.54) is 10.8 Å². The van der Waals surface area contributed by atoms with Crippen LogP contribution in [0.3, 0.4) is 0 Å². The van der Waals surface area contributed by atoms with E-state index in [0.29, 0.717) is 0 Å². The van der Waals surface area contributed by atoms with E-state index < -0.39 is 0 Å². The van der Waals surface area contributed by atoms with Gasteiger partial charge in [0, 0.05) is 6.20 Å². The summed E-state index contributed by atoms with van der Waals surface area (Å²) in [7, 11) is 0. The molecule has 13 heavy (non-hydrogen) atoms. The van der Waals surface area contributed by atoms with Crippen LogP contribution < -0.4 is 0 Å². The third-order valence-electron chi connectivity index (χ3n) is 1.65. The van der Waals surface area contributed by atoms with E-state index in [0.717, 1.165) is 4.64 Å². The molecule has 0 aliphatic rings. The summed E-state index contributed by atoms with van der Waals surface area (Å²) in [5.41, 5.74) is 0. The van der Waals surface area contributed by atoms with E-state index >= 15 is 0 Å². The van der Waals surface area contributed by atoms with Crippen LogP contribution in [0, 0.1) is 4.64 Å². The monoisotopic (exact) mass is 191 g/mol. The lowest BCUT2D eigenvalue weighted by Crippen LogP contribution is -1.74. The molecule has 2 aromatic rings. The molecule has 0 aliphatic heterocycles. The van der Waals surface area contributed by atoms with Crippen molar-refractivity contribution in [2.45, 2.75) is 13.8 Å². The fourth-order valence-corrected chi connectivity index (χ4v) is 1.29. The van der Waals surface area contributed by atoms with Gasteiger partial charge in [0.05, 0.1) is 0 Å². The SMILES string of the molecule is CC.S=c1cc2ccccc2c[nH]1. The second-order valence-corrected chi connectivity index (χ2v) is 2.87. The molecule has 0 saturated carbocycles. The summed E-state index contributed by atoms with van der Waals surface area (Å²) in [6, 6.07) is 10.1. The van der Waals surface area contributed by atoms with Gasteiger partial charge >= 0.3 is 0 Å². The third-order valence-corrected chi connectivity index (χ3v) is 1.89. The minimum Gasteiger partial charge on any atom is -0.352 e. The first-order chi connectivity index (χ1) is 6.36. The number of nitrogens with one attached hydrogen (secondary N) is 1. The van der Waals surface area contributed by atoms with E-state index in [-0.39, 0.29) is 0 Å². The molecule has 1 N–H and O–H groups in total. The average molecular weight is 191 g/mol. The number of aromatic amines is 1. The van der Waals surface area contributed by atoms with Crippen LogP contribution in [-0.4, -0.2) is 4.98 Å². The van der Waals surface area contributed by atoms with Crippen molar-refractivity contribution in [3.63, 3.8) is 0 Å². The zero-order valence-electron chi connectivity index (χ0n) is 7.87. The molecule has 0 fully saturated rings. The molecular formula is C11H13NS. The topological polar surface area (TPSA) is 15.8 Å². The van der Waals surface area contributed by atoms with Crippen LogP contribution in [0.15, 0.2) is 36.5 Å². The summed E-state index contributed by atoms with van der Waals surface area (Å²) in [5, 5.41) is 2.39. The van der Waals surface area contributed by atoms with Gasteiger partial charge < -0.3 is 4.98 Å². The van der Waals surface area contributed by atoms with E-state index in [9.17, 15) is 0 Å². The second-order valence-electron chi connectivity index (χ2n) is 2.43. The lowest BCUT2D eigenvalue weighted by Gasteiger charge is -1.93. The number of pyridine rings is 1. The quantitative estimate of drug-likeness (QED) is 0.624. The summed E-state index contributed by atoms with van der Waals surface area (Å²) >= 11 is 4.98. The van der Waals surface area contributed by atoms with Crippen molar-refractivity contribution in [1.82, 2.24) is 4.98 Å². The number of aromatic nitrogens is 1. The van der Waals surface area contributed by atoms with E-state index in [1.807, 2.05) is 38.2 Å². The minimum atomic E-state index is 0.781. The van der Waals surface area contributed by atoms with Gasteiger partial charge in [0.15, 0.2) is 0 Å². The summed E-state index contributed by atoms with van der Waals surface area (Å²) in [6.07, 6.45) is 1.93. The Hall–Kier alpha value is -1.15. The second kappa shape index (κ2) is 4.77. The highest BCUT2D eigenvalue weighted by molar-refractivity contribution is 7.71. The Morgan fingerprint density at radius 1 is 1.08 bits per heavy atom.